The van der Waals surface area contributed by atoms with Crippen molar-refractivity contribution in [3.63, 3.8) is 0 Å². The van der Waals surface area contributed by atoms with Gasteiger partial charge >= 0.3 is 0 Å². The Kier molecular flexibility index (Phi) is 3.45. The second-order valence-electron chi connectivity index (χ2n) is 3.92. The normalized spacial score (nSPS) is 21.0. The Morgan fingerprint density at radius 3 is 2.73 bits per heavy atom. The number of methoxy groups -OCH3 is 1. The molecule has 1 saturated heterocycles. The summed E-state index contributed by atoms with van der Waals surface area (Å²) >= 11 is 0. The number of benzene rings is 1. The van der Waals surface area contributed by atoms with Gasteiger partial charge in [-0.15, -0.1) is 0 Å². The molecule has 1 aliphatic heterocycles. The smallest absolute Gasteiger partial charge is 0.119 e. The molecule has 0 radical (unpaired) electrons. The van der Waals surface area contributed by atoms with Crippen molar-refractivity contribution < 1.29 is 4.74 Å². The fourth-order valence-corrected chi connectivity index (χ4v) is 1.90. The Labute approximate surface area is 90.8 Å². The lowest BCUT2D eigenvalue weighted by atomic mass is 10.1. The van der Waals surface area contributed by atoms with Gasteiger partial charge in [-0.3, -0.25) is 0 Å². The van der Waals surface area contributed by atoms with Crippen LogP contribution in [0.5, 0.6) is 5.75 Å². The second-order valence-corrected chi connectivity index (χ2v) is 3.92. The molecule has 1 aromatic rings. The monoisotopic (exact) mass is 206 g/mol. The van der Waals surface area contributed by atoms with Crippen LogP contribution in [0.25, 0.3) is 0 Å². The van der Waals surface area contributed by atoms with Crippen LogP contribution in [0.1, 0.15) is 12.8 Å². The van der Waals surface area contributed by atoms with Crippen molar-refractivity contribution in [1.29, 1.82) is 0 Å². The molecular formula is C12H18N2O. The number of nitrogens with one attached hydrogen (secondary N) is 2. The van der Waals surface area contributed by atoms with Crippen LogP contribution in [0.4, 0.5) is 5.69 Å². The number of hydrogen-bond donors (Lipinski definition) is 2. The summed E-state index contributed by atoms with van der Waals surface area (Å²) in [5.41, 5.74) is 1.17. The topological polar surface area (TPSA) is 33.3 Å². The Morgan fingerprint density at radius 1 is 1.33 bits per heavy atom. The number of anilines is 1. The fourth-order valence-electron chi connectivity index (χ4n) is 1.90. The van der Waals surface area contributed by atoms with Gasteiger partial charge in [-0.2, -0.15) is 0 Å². The van der Waals surface area contributed by atoms with Crippen LogP contribution in [0.15, 0.2) is 24.3 Å². The summed E-state index contributed by atoms with van der Waals surface area (Å²) in [6.07, 6.45) is 2.51. The van der Waals surface area contributed by atoms with E-state index in [1.807, 2.05) is 12.1 Å². The van der Waals surface area contributed by atoms with Crippen LogP contribution < -0.4 is 15.4 Å². The highest BCUT2D eigenvalue weighted by Crippen LogP contribution is 2.17. The summed E-state index contributed by atoms with van der Waals surface area (Å²) in [5, 5.41) is 6.90. The minimum Gasteiger partial charge on any atom is -0.497 e. The maximum atomic E-state index is 5.12. The molecule has 1 aromatic carbocycles. The van der Waals surface area contributed by atoms with E-state index in [1.165, 1.54) is 18.5 Å². The molecule has 3 nitrogen and oxygen atoms in total. The van der Waals surface area contributed by atoms with E-state index in [0.717, 1.165) is 18.8 Å². The van der Waals surface area contributed by atoms with E-state index in [4.69, 9.17) is 4.74 Å². The van der Waals surface area contributed by atoms with Crippen molar-refractivity contribution in [2.24, 2.45) is 0 Å². The predicted octanol–water partition coefficient (Wildman–Crippen LogP) is 1.86. The third-order valence-electron chi connectivity index (χ3n) is 2.76. The van der Waals surface area contributed by atoms with Crippen molar-refractivity contribution >= 4 is 5.69 Å². The number of piperidine rings is 1. The van der Waals surface area contributed by atoms with E-state index >= 15 is 0 Å². The molecular weight excluding hydrogens is 188 g/mol. The number of hydrogen-bond acceptors (Lipinski definition) is 3. The Balaban J connectivity index is 1.91. The van der Waals surface area contributed by atoms with Gasteiger partial charge in [0.1, 0.15) is 5.75 Å². The Hall–Kier alpha value is -1.22. The first-order valence-corrected chi connectivity index (χ1v) is 5.50. The highest BCUT2D eigenvalue weighted by Gasteiger charge is 2.11. The molecule has 82 valence electrons. The van der Waals surface area contributed by atoms with Gasteiger partial charge < -0.3 is 15.4 Å². The lowest BCUT2D eigenvalue weighted by Crippen LogP contribution is -2.38. The third kappa shape index (κ3) is 2.86. The number of ether oxygens (including phenoxy) is 1. The van der Waals surface area contributed by atoms with Crippen molar-refractivity contribution in [2.75, 3.05) is 25.5 Å². The van der Waals surface area contributed by atoms with Crippen LogP contribution in [-0.2, 0) is 0 Å². The summed E-state index contributed by atoms with van der Waals surface area (Å²) in [7, 11) is 1.69. The molecule has 2 N–H and O–H groups in total. The van der Waals surface area contributed by atoms with Gasteiger partial charge in [-0.05, 0) is 43.7 Å². The standard InChI is InChI=1S/C12H18N2O/c1-15-12-6-4-10(5-7-12)14-11-3-2-8-13-9-11/h4-7,11,13-14H,2-3,8-9H2,1H3/t11-/m0/s1. The lowest BCUT2D eigenvalue weighted by molar-refractivity contribution is 0.415. The zero-order chi connectivity index (χ0) is 10.5. The highest BCUT2D eigenvalue weighted by molar-refractivity contribution is 5.47. The van der Waals surface area contributed by atoms with Crippen molar-refractivity contribution in [1.82, 2.24) is 5.32 Å². The highest BCUT2D eigenvalue weighted by atomic mass is 16.5. The first-order valence-electron chi connectivity index (χ1n) is 5.50. The quantitative estimate of drug-likeness (QED) is 0.792. The minimum absolute atomic E-state index is 0.562. The van der Waals surface area contributed by atoms with E-state index in [-0.39, 0.29) is 0 Å². The van der Waals surface area contributed by atoms with Crippen molar-refractivity contribution in [3.8, 4) is 5.75 Å². The van der Waals surface area contributed by atoms with E-state index in [0.29, 0.717) is 6.04 Å². The fraction of sp³-hybridized carbons (Fsp3) is 0.500. The molecule has 3 heteroatoms. The minimum atomic E-state index is 0.562. The average molecular weight is 206 g/mol. The Bertz CT molecular complexity index is 291. The molecule has 15 heavy (non-hydrogen) atoms. The molecule has 1 fully saturated rings. The van der Waals surface area contributed by atoms with E-state index in [9.17, 15) is 0 Å². The van der Waals surface area contributed by atoms with Gasteiger partial charge in [0, 0.05) is 18.3 Å². The zero-order valence-corrected chi connectivity index (χ0v) is 9.12. The van der Waals surface area contributed by atoms with E-state index in [1.54, 1.807) is 7.11 Å². The summed E-state index contributed by atoms with van der Waals surface area (Å²) < 4.78 is 5.12. The molecule has 0 saturated carbocycles. The summed E-state index contributed by atoms with van der Waals surface area (Å²) in [6, 6.07) is 8.66. The molecule has 0 bridgehead atoms. The molecule has 2 rings (SSSR count). The molecule has 0 amide bonds. The SMILES string of the molecule is COc1ccc(N[C@H]2CCCNC2)cc1. The largest absolute Gasteiger partial charge is 0.497 e. The predicted molar refractivity (Wildman–Crippen MR) is 62.5 cm³/mol. The van der Waals surface area contributed by atoms with E-state index in [2.05, 4.69) is 22.8 Å². The van der Waals surface area contributed by atoms with Crippen LogP contribution >= 0.6 is 0 Å². The first kappa shape index (κ1) is 10.3. The molecule has 1 atom stereocenters. The summed E-state index contributed by atoms with van der Waals surface area (Å²) in [5.74, 6) is 0.905. The van der Waals surface area contributed by atoms with E-state index < -0.39 is 0 Å². The maximum absolute atomic E-state index is 5.12. The number of rotatable bonds is 3. The zero-order valence-electron chi connectivity index (χ0n) is 9.12. The first-order chi connectivity index (χ1) is 7.38. The molecule has 1 heterocycles. The molecule has 0 aliphatic carbocycles. The van der Waals surface area contributed by atoms with Crippen LogP contribution in [-0.4, -0.2) is 26.2 Å². The van der Waals surface area contributed by atoms with Gasteiger partial charge in [0.15, 0.2) is 0 Å². The Morgan fingerprint density at radius 2 is 2.13 bits per heavy atom. The average Bonchev–Trinajstić information content (AvgIpc) is 2.31. The molecule has 0 aromatic heterocycles. The van der Waals surface area contributed by atoms with Crippen LogP contribution in [0.3, 0.4) is 0 Å². The van der Waals surface area contributed by atoms with Gasteiger partial charge in [0.05, 0.1) is 7.11 Å². The lowest BCUT2D eigenvalue weighted by Gasteiger charge is -2.24. The van der Waals surface area contributed by atoms with Crippen LogP contribution in [0, 0.1) is 0 Å². The van der Waals surface area contributed by atoms with Gasteiger partial charge in [0.25, 0.3) is 0 Å². The summed E-state index contributed by atoms with van der Waals surface area (Å²) in [6.45, 7) is 2.22. The molecule has 0 unspecified atom stereocenters. The van der Waals surface area contributed by atoms with Gasteiger partial charge in [-0.1, -0.05) is 0 Å². The van der Waals surface area contributed by atoms with Crippen LogP contribution in [0.2, 0.25) is 0 Å². The molecule has 0 spiro atoms. The van der Waals surface area contributed by atoms with Gasteiger partial charge in [-0.25, -0.2) is 0 Å². The van der Waals surface area contributed by atoms with Gasteiger partial charge in [0.2, 0.25) is 0 Å². The molecule has 1 aliphatic rings. The van der Waals surface area contributed by atoms with Crippen molar-refractivity contribution in [2.45, 2.75) is 18.9 Å². The van der Waals surface area contributed by atoms with Crippen molar-refractivity contribution in [3.05, 3.63) is 24.3 Å². The third-order valence-corrected chi connectivity index (χ3v) is 2.76. The maximum Gasteiger partial charge on any atom is 0.119 e. The summed E-state index contributed by atoms with van der Waals surface area (Å²) in [4.78, 5) is 0. The second kappa shape index (κ2) is 5.03.